The normalized spacial score (nSPS) is 23.6. The molecule has 1 fully saturated rings. The van der Waals surface area contributed by atoms with Gasteiger partial charge >= 0.3 is 0 Å². The van der Waals surface area contributed by atoms with Gasteiger partial charge in [0.05, 0.1) is 15.6 Å². The Kier molecular flexibility index (Phi) is 7.24. The molecule has 164 valence electrons. The molecule has 2 nitrogen and oxygen atoms in total. The van der Waals surface area contributed by atoms with Gasteiger partial charge in [-0.3, -0.25) is 0 Å². The van der Waals surface area contributed by atoms with Crippen LogP contribution >= 0.6 is 23.2 Å². The molecule has 1 aliphatic carbocycles. The van der Waals surface area contributed by atoms with E-state index in [1.807, 2.05) is 18.2 Å². The minimum absolute atomic E-state index is 0.0823. The maximum absolute atomic E-state index is 11.9. The molecule has 3 rings (SSSR count). The lowest BCUT2D eigenvalue weighted by atomic mass is 9.67. The summed E-state index contributed by atoms with van der Waals surface area (Å²) in [6, 6.07) is 14.7. The molecule has 0 aliphatic heterocycles. The minimum Gasteiger partial charge on any atom is -0.389 e. The lowest BCUT2D eigenvalue weighted by Crippen LogP contribution is -2.48. The Bertz CT molecular complexity index is 856. The fraction of sp³-hybridized carbons (Fsp3) is 0.538. The molecule has 0 heterocycles. The Morgan fingerprint density at radius 2 is 1.70 bits per heavy atom. The van der Waals surface area contributed by atoms with Crippen molar-refractivity contribution in [2.24, 2.45) is 5.92 Å². The monoisotopic (exact) mass is 447 g/mol. The summed E-state index contributed by atoms with van der Waals surface area (Å²) < 4.78 is 0. The molecule has 0 spiro atoms. The van der Waals surface area contributed by atoms with E-state index >= 15 is 0 Å². The number of benzene rings is 2. The smallest absolute Gasteiger partial charge is 0.0734 e. The molecule has 0 radical (unpaired) electrons. The van der Waals surface area contributed by atoms with Gasteiger partial charge in [0.15, 0.2) is 0 Å². The van der Waals surface area contributed by atoms with E-state index in [2.05, 4.69) is 64.0 Å². The van der Waals surface area contributed by atoms with E-state index in [0.717, 1.165) is 31.2 Å². The molecule has 1 saturated carbocycles. The Labute approximate surface area is 192 Å². The van der Waals surface area contributed by atoms with E-state index in [4.69, 9.17) is 23.2 Å². The van der Waals surface area contributed by atoms with Gasteiger partial charge in [0.25, 0.3) is 0 Å². The fourth-order valence-corrected chi connectivity index (χ4v) is 5.29. The number of halogens is 2. The third-order valence-electron chi connectivity index (χ3n) is 6.62. The number of hydrogen-bond donors (Lipinski definition) is 1. The van der Waals surface area contributed by atoms with Gasteiger partial charge in [-0.1, -0.05) is 87.1 Å². The highest BCUT2D eigenvalue weighted by molar-refractivity contribution is 6.42. The number of nitrogens with zero attached hydrogens (tertiary/aromatic N) is 1. The fourth-order valence-electron chi connectivity index (χ4n) is 4.98. The molecule has 0 amide bonds. The van der Waals surface area contributed by atoms with Gasteiger partial charge in [0, 0.05) is 18.4 Å². The summed E-state index contributed by atoms with van der Waals surface area (Å²) in [5.41, 5.74) is 3.02. The Hall–Kier alpha value is -1.06. The van der Waals surface area contributed by atoms with Crippen molar-refractivity contribution >= 4 is 23.2 Å². The predicted molar refractivity (Wildman–Crippen MR) is 129 cm³/mol. The molecule has 1 N–H and O–H groups in total. The first kappa shape index (κ1) is 23.6. The molecule has 1 aliphatic rings. The summed E-state index contributed by atoms with van der Waals surface area (Å²) in [7, 11) is 4.17. The van der Waals surface area contributed by atoms with E-state index in [0.29, 0.717) is 16.5 Å². The van der Waals surface area contributed by atoms with Crippen molar-refractivity contribution in [3.05, 3.63) is 69.2 Å². The van der Waals surface area contributed by atoms with Crippen molar-refractivity contribution < 1.29 is 5.11 Å². The molecule has 3 atom stereocenters. The Morgan fingerprint density at radius 1 is 1.03 bits per heavy atom. The lowest BCUT2D eigenvalue weighted by Gasteiger charge is -2.46. The second-order valence-corrected chi connectivity index (χ2v) is 11.0. The van der Waals surface area contributed by atoms with Gasteiger partial charge in [-0.2, -0.15) is 0 Å². The first-order chi connectivity index (χ1) is 14.0. The average Bonchev–Trinajstić information content (AvgIpc) is 2.66. The number of aliphatic hydroxyl groups is 1. The summed E-state index contributed by atoms with van der Waals surface area (Å²) >= 11 is 12.5. The molecule has 0 saturated heterocycles. The Balaban J connectivity index is 1.92. The topological polar surface area (TPSA) is 23.5 Å². The summed E-state index contributed by atoms with van der Waals surface area (Å²) in [6.45, 7) is 6.68. The minimum atomic E-state index is -0.747. The van der Waals surface area contributed by atoms with Crippen molar-refractivity contribution in [3.63, 3.8) is 0 Å². The van der Waals surface area contributed by atoms with E-state index in [9.17, 15) is 5.11 Å². The highest BCUT2D eigenvalue weighted by Gasteiger charge is 2.44. The van der Waals surface area contributed by atoms with Crippen LogP contribution < -0.4 is 0 Å². The van der Waals surface area contributed by atoms with Crippen LogP contribution in [0.15, 0.2) is 42.5 Å². The van der Waals surface area contributed by atoms with Crippen molar-refractivity contribution in [3.8, 4) is 0 Å². The lowest BCUT2D eigenvalue weighted by molar-refractivity contribution is -0.0770. The maximum atomic E-state index is 11.9. The van der Waals surface area contributed by atoms with Crippen molar-refractivity contribution in [1.82, 2.24) is 4.90 Å². The van der Waals surface area contributed by atoms with Crippen LogP contribution in [0.1, 0.15) is 69.2 Å². The third kappa shape index (κ3) is 5.22. The van der Waals surface area contributed by atoms with E-state index in [1.54, 1.807) is 0 Å². The predicted octanol–water partition coefficient (Wildman–Crippen LogP) is 7.06. The average molecular weight is 448 g/mol. The zero-order valence-electron chi connectivity index (χ0n) is 18.9. The largest absolute Gasteiger partial charge is 0.389 e. The standard InChI is InChI=1S/C26H35Cl2NO/c1-25(2,3)20-12-9-18(10-13-20)17-26(30)15-7-6-8-21(26)24(29(4)5)19-11-14-22(27)23(28)16-19/h9-14,16,21,24,30H,6-8,15,17H2,1-5H3. The molecule has 2 aromatic carbocycles. The van der Waals surface area contributed by atoms with Gasteiger partial charge in [0.2, 0.25) is 0 Å². The second-order valence-electron chi connectivity index (χ2n) is 10.2. The van der Waals surface area contributed by atoms with E-state index in [-0.39, 0.29) is 17.4 Å². The van der Waals surface area contributed by atoms with Crippen LogP contribution in [-0.4, -0.2) is 29.7 Å². The molecular weight excluding hydrogens is 413 g/mol. The van der Waals surface area contributed by atoms with Gasteiger partial charge < -0.3 is 10.0 Å². The second kappa shape index (κ2) is 9.20. The quantitative estimate of drug-likeness (QED) is 0.529. The molecule has 3 unspecified atom stereocenters. The summed E-state index contributed by atoms with van der Waals surface area (Å²) in [5, 5.41) is 13.1. The van der Waals surface area contributed by atoms with Crippen molar-refractivity contribution in [1.29, 1.82) is 0 Å². The van der Waals surface area contributed by atoms with Crippen LogP contribution in [0, 0.1) is 5.92 Å². The van der Waals surface area contributed by atoms with Crippen LogP contribution in [0.2, 0.25) is 10.0 Å². The molecule has 0 aromatic heterocycles. The van der Waals surface area contributed by atoms with Crippen LogP contribution in [0.5, 0.6) is 0 Å². The summed E-state index contributed by atoms with van der Waals surface area (Å²) in [6.07, 6.45) is 4.70. The molecular formula is C26H35Cl2NO. The number of rotatable bonds is 5. The first-order valence-electron chi connectivity index (χ1n) is 10.9. The highest BCUT2D eigenvalue weighted by atomic mass is 35.5. The SMILES string of the molecule is CN(C)C(c1ccc(Cl)c(Cl)c1)C1CCCCC1(O)Cc1ccc(C(C)(C)C)cc1. The molecule has 4 heteroatoms. The zero-order valence-corrected chi connectivity index (χ0v) is 20.4. The molecule has 2 aromatic rings. The third-order valence-corrected chi connectivity index (χ3v) is 7.36. The van der Waals surface area contributed by atoms with Crippen LogP contribution in [-0.2, 0) is 11.8 Å². The zero-order chi connectivity index (χ0) is 22.1. The Morgan fingerprint density at radius 3 is 2.27 bits per heavy atom. The summed E-state index contributed by atoms with van der Waals surface area (Å²) in [5.74, 6) is 0.126. The number of hydrogen-bond acceptors (Lipinski definition) is 2. The van der Waals surface area contributed by atoms with Gasteiger partial charge in [-0.05, 0) is 61.2 Å². The molecule has 30 heavy (non-hydrogen) atoms. The first-order valence-corrected chi connectivity index (χ1v) is 11.7. The van der Waals surface area contributed by atoms with Crippen LogP contribution in [0.3, 0.4) is 0 Å². The van der Waals surface area contributed by atoms with Crippen molar-refractivity contribution in [2.45, 2.75) is 69.9 Å². The van der Waals surface area contributed by atoms with Crippen LogP contribution in [0.4, 0.5) is 0 Å². The van der Waals surface area contributed by atoms with Gasteiger partial charge in [-0.25, -0.2) is 0 Å². The summed E-state index contributed by atoms with van der Waals surface area (Å²) in [4.78, 5) is 2.21. The van der Waals surface area contributed by atoms with E-state index < -0.39 is 5.60 Å². The molecule has 0 bridgehead atoms. The van der Waals surface area contributed by atoms with Gasteiger partial charge in [0.1, 0.15) is 0 Å². The van der Waals surface area contributed by atoms with Gasteiger partial charge in [-0.15, -0.1) is 0 Å². The van der Waals surface area contributed by atoms with Crippen molar-refractivity contribution in [2.75, 3.05) is 14.1 Å². The maximum Gasteiger partial charge on any atom is 0.0734 e. The van der Waals surface area contributed by atoms with E-state index in [1.165, 1.54) is 11.1 Å². The van der Waals surface area contributed by atoms with Crippen LogP contribution in [0.25, 0.3) is 0 Å². The highest BCUT2D eigenvalue weighted by Crippen LogP contribution is 2.46.